The lowest BCUT2D eigenvalue weighted by molar-refractivity contribution is -0.149. The van der Waals surface area contributed by atoms with Crippen LogP contribution in [0.5, 0.6) is 0 Å². The minimum Gasteiger partial charge on any atom is -0.456 e. The molecule has 88 valence electrons. The van der Waals surface area contributed by atoms with Gasteiger partial charge in [-0.2, -0.15) is 0 Å². The average molecular weight is 214 g/mol. The summed E-state index contributed by atoms with van der Waals surface area (Å²) < 4.78 is 5.06. The van der Waals surface area contributed by atoms with Gasteiger partial charge in [-0.1, -0.05) is 25.8 Å². The van der Waals surface area contributed by atoms with Crippen LogP contribution in [0.25, 0.3) is 0 Å². The Kier molecular flexibility index (Phi) is 6.25. The van der Waals surface area contributed by atoms with E-state index in [9.17, 15) is 9.90 Å². The highest BCUT2D eigenvalue weighted by Gasteiger charge is 2.17. The van der Waals surface area contributed by atoms with Gasteiger partial charge < -0.3 is 9.84 Å². The molecule has 0 spiro atoms. The molecule has 1 atom stereocenters. The Morgan fingerprint density at radius 1 is 1.53 bits per heavy atom. The minimum absolute atomic E-state index is 0.312. The smallest absolute Gasteiger partial charge is 0.303 e. The fourth-order valence-corrected chi connectivity index (χ4v) is 1.26. The third-order valence-corrected chi connectivity index (χ3v) is 1.98. The summed E-state index contributed by atoms with van der Waals surface area (Å²) in [5.74, 6) is -0.312. The van der Waals surface area contributed by atoms with Crippen LogP contribution in [0.15, 0.2) is 12.2 Å². The lowest BCUT2D eigenvalue weighted by Gasteiger charge is -2.20. The van der Waals surface area contributed by atoms with E-state index in [-0.39, 0.29) is 5.97 Å². The molecule has 0 radical (unpaired) electrons. The van der Waals surface area contributed by atoms with Crippen molar-refractivity contribution in [2.75, 3.05) is 0 Å². The van der Waals surface area contributed by atoms with Crippen LogP contribution < -0.4 is 0 Å². The molecule has 1 unspecified atom stereocenters. The molecule has 0 fully saturated rings. The topological polar surface area (TPSA) is 46.5 Å². The number of aliphatic hydroxyl groups is 1. The van der Waals surface area contributed by atoms with E-state index in [0.717, 1.165) is 19.3 Å². The number of unbranched alkanes of at least 4 members (excludes halogenated alkanes) is 1. The second-order valence-electron chi connectivity index (χ2n) is 4.27. The van der Waals surface area contributed by atoms with E-state index >= 15 is 0 Å². The Balaban J connectivity index is 4.06. The first kappa shape index (κ1) is 14.2. The van der Waals surface area contributed by atoms with Gasteiger partial charge in [0, 0.05) is 6.92 Å². The van der Waals surface area contributed by atoms with Gasteiger partial charge in [0.25, 0.3) is 0 Å². The molecule has 0 bridgehead atoms. The zero-order valence-electron chi connectivity index (χ0n) is 10.1. The Bertz CT molecular complexity index is 219. The fourth-order valence-electron chi connectivity index (χ4n) is 1.26. The Morgan fingerprint density at radius 2 is 2.13 bits per heavy atom. The van der Waals surface area contributed by atoms with Crippen molar-refractivity contribution in [3.05, 3.63) is 12.2 Å². The number of ether oxygens (including phenoxy) is 1. The van der Waals surface area contributed by atoms with Crippen LogP contribution in [0.1, 0.15) is 47.0 Å². The number of carbonyl (C=O) groups is 1. The van der Waals surface area contributed by atoms with Crippen molar-refractivity contribution in [3.8, 4) is 0 Å². The van der Waals surface area contributed by atoms with Crippen LogP contribution in [-0.4, -0.2) is 22.8 Å². The predicted octanol–water partition coefficient (Wildman–Crippen LogP) is 2.44. The average Bonchev–Trinajstić information content (AvgIpc) is 2.09. The van der Waals surface area contributed by atoms with E-state index < -0.39 is 11.7 Å². The summed E-state index contributed by atoms with van der Waals surface area (Å²) in [6, 6.07) is 0. The summed E-state index contributed by atoms with van der Waals surface area (Å²) in [6.07, 6.45) is 5.80. The van der Waals surface area contributed by atoms with Gasteiger partial charge in [0.2, 0.25) is 0 Å². The monoisotopic (exact) mass is 214 g/mol. The van der Waals surface area contributed by atoms with Crippen LogP contribution in [-0.2, 0) is 9.53 Å². The molecule has 0 rings (SSSR count). The molecule has 1 N–H and O–H groups in total. The Morgan fingerprint density at radius 3 is 2.60 bits per heavy atom. The molecule has 0 aliphatic rings. The van der Waals surface area contributed by atoms with Crippen LogP contribution >= 0.6 is 0 Å². The van der Waals surface area contributed by atoms with Gasteiger partial charge in [-0.15, -0.1) is 0 Å². The molecule has 0 aromatic heterocycles. The summed E-state index contributed by atoms with van der Waals surface area (Å²) in [4.78, 5) is 10.8. The van der Waals surface area contributed by atoms with Crippen molar-refractivity contribution in [3.63, 3.8) is 0 Å². The molecule has 0 aromatic rings. The maximum Gasteiger partial charge on any atom is 0.303 e. The van der Waals surface area contributed by atoms with Crippen molar-refractivity contribution in [2.24, 2.45) is 0 Å². The van der Waals surface area contributed by atoms with Crippen LogP contribution in [0.4, 0.5) is 0 Å². The van der Waals surface area contributed by atoms with E-state index in [0.29, 0.717) is 0 Å². The predicted molar refractivity (Wildman–Crippen MR) is 60.5 cm³/mol. The molecule has 3 nitrogen and oxygen atoms in total. The zero-order valence-corrected chi connectivity index (χ0v) is 10.1. The quantitative estimate of drug-likeness (QED) is 0.545. The Labute approximate surface area is 92.1 Å². The number of carbonyl (C=O) groups excluding carboxylic acids is 1. The first-order valence-electron chi connectivity index (χ1n) is 5.44. The number of esters is 1. The molecule has 0 amide bonds. The van der Waals surface area contributed by atoms with Crippen LogP contribution in [0.3, 0.4) is 0 Å². The fraction of sp³-hybridized carbons (Fsp3) is 0.750. The molecule has 0 heterocycles. The maximum absolute atomic E-state index is 10.8. The van der Waals surface area contributed by atoms with Crippen LogP contribution in [0.2, 0.25) is 0 Å². The van der Waals surface area contributed by atoms with Gasteiger partial charge in [-0.3, -0.25) is 4.79 Å². The molecule has 15 heavy (non-hydrogen) atoms. The van der Waals surface area contributed by atoms with Gasteiger partial charge in [0.05, 0.1) is 6.10 Å². The molecular formula is C12H22O3. The molecule has 3 heteroatoms. The van der Waals surface area contributed by atoms with Crippen molar-refractivity contribution in [1.29, 1.82) is 0 Å². The van der Waals surface area contributed by atoms with Gasteiger partial charge in [-0.05, 0) is 26.3 Å². The molecule has 0 saturated heterocycles. The largest absolute Gasteiger partial charge is 0.456 e. The maximum atomic E-state index is 10.8. The van der Waals surface area contributed by atoms with E-state index in [1.807, 2.05) is 0 Å². The zero-order chi connectivity index (χ0) is 11.9. The highest BCUT2D eigenvalue weighted by molar-refractivity contribution is 5.66. The SMILES string of the molecule is CCCCC(O)/C=C/C(C)(C)OC(C)=O. The minimum atomic E-state index is -0.640. The summed E-state index contributed by atoms with van der Waals surface area (Å²) in [5.41, 5.74) is -0.640. The summed E-state index contributed by atoms with van der Waals surface area (Å²) in [6.45, 7) is 7.04. The lowest BCUT2D eigenvalue weighted by atomic mass is 10.1. The van der Waals surface area contributed by atoms with Crippen molar-refractivity contribution in [2.45, 2.75) is 58.7 Å². The van der Waals surface area contributed by atoms with Crippen LogP contribution in [0, 0.1) is 0 Å². The third-order valence-electron chi connectivity index (χ3n) is 1.98. The number of aliphatic hydroxyl groups excluding tert-OH is 1. The van der Waals surface area contributed by atoms with Crippen molar-refractivity contribution >= 4 is 5.97 Å². The normalized spacial score (nSPS) is 14.2. The summed E-state index contributed by atoms with van der Waals surface area (Å²) in [5, 5.41) is 9.55. The highest BCUT2D eigenvalue weighted by Crippen LogP contribution is 2.12. The summed E-state index contributed by atoms with van der Waals surface area (Å²) in [7, 11) is 0. The number of rotatable bonds is 6. The standard InChI is InChI=1S/C12H22O3/c1-5-6-7-11(14)8-9-12(3,4)15-10(2)13/h8-9,11,14H,5-7H2,1-4H3/b9-8+. The summed E-state index contributed by atoms with van der Waals surface area (Å²) >= 11 is 0. The second kappa shape index (κ2) is 6.62. The van der Waals surface area contributed by atoms with Crippen molar-refractivity contribution in [1.82, 2.24) is 0 Å². The molecule has 0 aromatic carbocycles. The molecule has 0 aliphatic heterocycles. The van der Waals surface area contributed by atoms with Crippen molar-refractivity contribution < 1.29 is 14.6 Å². The van der Waals surface area contributed by atoms with Gasteiger partial charge in [0.1, 0.15) is 5.60 Å². The first-order chi connectivity index (χ1) is 6.87. The Hall–Kier alpha value is -0.830. The van der Waals surface area contributed by atoms with Gasteiger partial charge in [-0.25, -0.2) is 0 Å². The molecule has 0 saturated carbocycles. The number of hydrogen-bond donors (Lipinski definition) is 1. The van der Waals surface area contributed by atoms with Gasteiger partial charge >= 0.3 is 5.97 Å². The third kappa shape index (κ3) is 8.18. The number of hydrogen-bond acceptors (Lipinski definition) is 3. The molecular weight excluding hydrogens is 192 g/mol. The van der Waals surface area contributed by atoms with E-state index in [1.165, 1.54) is 6.92 Å². The first-order valence-corrected chi connectivity index (χ1v) is 5.44. The second-order valence-corrected chi connectivity index (χ2v) is 4.27. The van der Waals surface area contributed by atoms with E-state index in [2.05, 4.69) is 6.92 Å². The highest BCUT2D eigenvalue weighted by atomic mass is 16.6. The van der Waals surface area contributed by atoms with E-state index in [1.54, 1.807) is 26.0 Å². The van der Waals surface area contributed by atoms with Gasteiger partial charge in [0.15, 0.2) is 0 Å². The lowest BCUT2D eigenvalue weighted by Crippen LogP contribution is -2.24. The van der Waals surface area contributed by atoms with E-state index in [4.69, 9.17) is 4.74 Å². The molecule has 0 aliphatic carbocycles.